The molecule has 0 N–H and O–H groups in total. The predicted octanol–water partition coefficient (Wildman–Crippen LogP) is 8.89. The molecule has 2 amide bonds. The molecule has 3 heterocycles. The van der Waals surface area contributed by atoms with Crippen molar-refractivity contribution in [1.29, 1.82) is 0 Å². The molecule has 0 unspecified atom stereocenters. The van der Waals surface area contributed by atoms with Crippen LogP contribution >= 0.6 is 0 Å². The second-order valence-electron chi connectivity index (χ2n) is 18.8. The molecule has 5 atom stereocenters. The summed E-state index contributed by atoms with van der Waals surface area (Å²) in [4.78, 5) is 84.8. The molecule has 6 rings (SSSR count). The number of hydrogen-bond acceptors (Lipinski definition) is 9. The molecule has 3 aliphatic rings. The van der Waals surface area contributed by atoms with Gasteiger partial charge in [-0.3, -0.25) is 28.8 Å². The summed E-state index contributed by atoms with van der Waals surface area (Å²) in [5.41, 5.74) is 6.86. The van der Waals surface area contributed by atoms with Crippen LogP contribution in [-0.4, -0.2) is 78.5 Å². The fraction of sp³-hybridized carbons (Fsp3) is 0.509. The van der Waals surface area contributed by atoms with E-state index in [2.05, 4.69) is 67.3 Å². The van der Waals surface area contributed by atoms with Gasteiger partial charge < -0.3 is 24.2 Å². The Balaban J connectivity index is 1.16. The standard InChI is InChI=1S/C53H67N3O8/c1-33(2)38-21-23-41(24-22-38)56-44(39-17-13-36(14-18-39)29-48(57)46-11-9-27-54(46)52(61)42(34(3)4)31-50(59)63-7)25-26-45(56)40-19-15-37(16-20-40)30-49(58)47-12-10-28-55(47)53(62)43(35(5)6)32-51(60)64-8/h11,13-24,33-35,42-45,47H,9-10,12,25-32H2,1-8H3/t42-,43-,44-,45-,47-/m0/s1. The number of esters is 2. The molecule has 0 radical (unpaired) electrons. The van der Waals surface area contributed by atoms with Crippen molar-refractivity contribution >= 4 is 41.0 Å². The van der Waals surface area contributed by atoms with Crippen LogP contribution in [0.5, 0.6) is 0 Å². The third kappa shape index (κ3) is 11.0. The summed E-state index contributed by atoms with van der Waals surface area (Å²) >= 11 is 0. The van der Waals surface area contributed by atoms with Gasteiger partial charge in [-0.1, -0.05) is 108 Å². The number of nitrogens with zero attached hydrogens (tertiary/aromatic N) is 3. The molecule has 3 aromatic rings. The van der Waals surface area contributed by atoms with Crippen molar-refractivity contribution in [3.63, 3.8) is 0 Å². The maximum atomic E-state index is 13.8. The minimum atomic E-state index is -0.570. The largest absolute Gasteiger partial charge is 0.469 e. The lowest BCUT2D eigenvalue weighted by Crippen LogP contribution is -2.45. The number of Topliss-reactive ketones (excluding diaryl/α,β-unsaturated/α-hetero) is 2. The fourth-order valence-corrected chi connectivity index (χ4v) is 9.74. The van der Waals surface area contributed by atoms with Crippen molar-refractivity contribution in [1.82, 2.24) is 9.80 Å². The molecule has 3 aromatic carbocycles. The summed E-state index contributed by atoms with van der Waals surface area (Å²) in [6.45, 7) is 13.0. The minimum Gasteiger partial charge on any atom is -0.469 e. The van der Waals surface area contributed by atoms with Gasteiger partial charge in [-0.2, -0.15) is 0 Å². The van der Waals surface area contributed by atoms with Crippen LogP contribution in [-0.2, 0) is 51.1 Å². The van der Waals surface area contributed by atoms with Crippen LogP contribution in [0.15, 0.2) is 84.6 Å². The number of anilines is 1. The van der Waals surface area contributed by atoms with Gasteiger partial charge in [0.15, 0.2) is 11.6 Å². The third-order valence-electron chi connectivity index (χ3n) is 13.6. The number of hydrogen-bond donors (Lipinski definition) is 0. The Kier molecular flexibility index (Phi) is 16.0. The Morgan fingerprint density at radius 2 is 1.14 bits per heavy atom. The number of likely N-dealkylation sites (tertiary alicyclic amines) is 1. The zero-order valence-corrected chi connectivity index (χ0v) is 39.0. The van der Waals surface area contributed by atoms with Gasteiger partial charge in [0.1, 0.15) is 0 Å². The van der Waals surface area contributed by atoms with E-state index in [0.717, 1.165) is 47.2 Å². The van der Waals surface area contributed by atoms with Crippen molar-refractivity contribution in [3.05, 3.63) is 112 Å². The third-order valence-corrected chi connectivity index (χ3v) is 13.6. The molecule has 0 aliphatic carbocycles. The van der Waals surface area contributed by atoms with Gasteiger partial charge >= 0.3 is 11.9 Å². The van der Waals surface area contributed by atoms with Crippen molar-refractivity contribution in [3.8, 4) is 0 Å². The number of allylic oxidation sites excluding steroid dienone is 1. The first-order valence-corrected chi connectivity index (χ1v) is 23.2. The molecule has 0 bridgehead atoms. The minimum absolute atomic E-state index is 0.00248. The number of ketones is 2. The Bertz CT molecular complexity index is 2180. The average molecular weight is 874 g/mol. The first kappa shape index (κ1) is 47.9. The van der Waals surface area contributed by atoms with Gasteiger partial charge in [0, 0.05) is 31.6 Å². The average Bonchev–Trinajstić information content (AvgIpc) is 4.08. The van der Waals surface area contributed by atoms with E-state index in [4.69, 9.17) is 9.47 Å². The van der Waals surface area contributed by atoms with Crippen LogP contribution in [0.25, 0.3) is 0 Å². The highest BCUT2D eigenvalue weighted by atomic mass is 16.5. The van der Waals surface area contributed by atoms with E-state index in [-0.39, 0.29) is 73.0 Å². The Labute approximate surface area is 379 Å². The maximum Gasteiger partial charge on any atom is 0.306 e. The van der Waals surface area contributed by atoms with E-state index in [1.54, 1.807) is 9.80 Å². The van der Waals surface area contributed by atoms with Gasteiger partial charge in [-0.25, -0.2) is 0 Å². The molecule has 3 aliphatic heterocycles. The molecule has 0 aromatic heterocycles. The molecule has 0 spiro atoms. The lowest BCUT2D eigenvalue weighted by atomic mass is 9.90. The van der Waals surface area contributed by atoms with Crippen molar-refractivity contribution in [2.24, 2.45) is 23.7 Å². The Morgan fingerprint density at radius 3 is 1.64 bits per heavy atom. The second kappa shape index (κ2) is 21.4. The molecule has 2 fully saturated rings. The fourth-order valence-electron chi connectivity index (χ4n) is 9.74. The number of methoxy groups -OCH3 is 2. The van der Waals surface area contributed by atoms with E-state index < -0.39 is 29.8 Å². The van der Waals surface area contributed by atoms with Gasteiger partial charge in [0.05, 0.1) is 62.7 Å². The van der Waals surface area contributed by atoms with Gasteiger partial charge in [0.25, 0.3) is 0 Å². The second-order valence-corrected chi connectivity index (χ2v) is 18.8. The van der Waals surface area contributed by atoms with E-state index >= 15 is 0 Å². The molecule has 11 heteroatoms. The topological polar surface area (TPSA) is 131 Å². The molecular weight excluding hydrogens is 807 g/mol. The number of carbonyl (C=O) groups excluding carboxylic acids is 6. The zero-order chi connectivity index (χ0) is 46.2. The number of carbonyl (C=O) groups is 6. The van der Waals surface area contributed by atoms with Gasteiger partial charge in [-0.15, -0.1) is 0 Å². The van der Waals surface area contributed by atoms with Crippen molar-refractivity contribution < 1.29 is 38.2 Å². The highest BCUT2D eigenvalue weighted by Crippen LogP contribution is 2.47. The molecule has 64 heavy (non-hydrogen) atoms. The monoisotopic (exact) mass is 873 g/mol. The molecule has 0 saturated carbocycles. The summed E-state index contributed by atoms with van der Waals surface area (Å²) in [7, 11) is 2.64. The molecule has 342 valence electrons. The van der Waals surface area contributed by atoms with E-state index in [1.165, 1.54) is 19.8 Å². The van der Waals surface area contributed by atoms with Crippen LogP contribution in [0.2, 0.25) is 0 Å². The number of amides is 2. The summed E-state index contributed by atoms with van der Waals surface area (Å²) in [6, 6.07) is 25.1. The first-order valence-electron chi connectivity index (χ1n) is 23.2. The molecule has 11 nitrogen and oxygen atoms in total. The number of rotatable bonds is 18. The van der Waals surface area contributed by atoms with Gasteiger partial charge in [0.2, 0.25) is 11.8 Å². The summed E-state index contributed by atoms with van der Waals surface area (Å²) in [5, 5.41) is 0. The molecular formula is C53H67N3O8. The van der Waals surface area contributed by atoms with Crippen LogP contribution in [0.1, 0.15) is 132 Å². The van der Waals surface area contributed by atoms with E-state index in [1.807, 2.05) is 58.0 Å². The van der Waals surface area contributed by atoms with Crippen LogP contribution in [0.3, 0.4) is 0 Å². The summed E-state index contributed by atoms with van der Waals surface area (Å²) in [6.07, 6.45) is 5.99. The summed E-state index contributed by atoms with van der Waals surface area (Å²) in [5.74, 6) is -2.20. The Morgan fingerprint density at radius 1 is 0.625 bits per heavy atom. The number of ether oxygens (including phenoxy) is 2. The SMILES string of the molecule is COC(=O)C[C@H](C(=O)N1CCC=C1C(=O)Cc1ccc([C@@H]2CC[C@@H](c3ccc(CC(=O)[C@@H]4CCCN4C(=O)[C@@H](CC(=O)OC)C(C)C)cc3)N2c2ccc(C(C)C)cc2)cc1)C(C)C. The first-order chi connectivity index (χ1) is 30.6. The van der Waals surface area contributed by atoms with Crippen molar-refractivity contribution in [2.45, 2.75) is 123 Å². The summed E-state index contributed by atoms with van der Waals surface area (Å²) < 4.78 is 9.72. The van der Waals surface area contributed by atoms with Crippen LogP contribution in [0, 0.1) is 23.7 Å². The van der Waals surface area contributed by atoms with Crippen LogP contribution in [0.4, 0.5) is 5.69 Å². The van der Waals surface area contributed by atoms with Crippen LogP contribution < -0.4 is 4.90 Å². The predicted molar refractivity (Wildman–Crippen MR) is 247 cm³/mol. The lowest BCUT2D eigenvalue weighted by molar-refractivity contribution is -0.149. The highest BCUT2D eigenvalue weighted by molar-refractivity contribution is 6.01. The Hall–Kier alpha value is -5.58. The normalized spacial score (nSPS) is 19.6. The smallest absolute Gasteiger partial charge is 0.306 e. The lowest BCUT2D eigenvalue weighted by Gasteiger charge is -2.34. The maximum absolute atomic E-state index is 13.8. The van der Waals surface area contributed by atoms with E-state index in [9.17, 15) is 28.8 Å². The van der Waals surface area contributed by atoms with Gasteiger partial charge in [-0.05, 0) is 89.8 Å². The highest BCUT2D eigenvalue weighted by Gasteiger charge is 2.40. The quantitative estimate of drug-likeness (QED) is 0.115. The van der Waals surface area contributed by atoms with E-state index in [0.29, 0.717) is 37.5 Å². The molecule has 2 saturated heterocycles. The van der Waals surface area contributed by atoms with Crippen molar-refractivity contribution in [2.75, 3.05) is 32.2 Å². The zero-order valence-electron chi connectivity index (χ0n) is 39.0. The number of benzene rings is 3.